The third-order valence-electron chi connectivity index (χ3n) is 5.14. The first-order valence-electron chi connectivity index (χ1n) is 10.1. The first kappa shape index (κ1) is 24.2. The van der Waals surface area contributed by atoms with Gasteiger partial charge in [0.25, 0.3) is 0 Å². The molecule has 3 aromatic carbocycles. The molecule has 0 heterocycles. The average molecular weight is 476 g/mol. The number of hydrogen-bond acceptors (Lipinski definition) is 6. The van der Waals surface area contributed by atoms with Crippen LogP contribution in [0.3, 0.4) is 0 Å². The van der Waals surface area contributed by atoms with Gasteiger partial charge in [-0.05, 0) is 66.1 Å². The topological polar surface area (TPSA) is 95.9 Å². The zero-order valence-electron chi connectivity index (χ0n) is 17.6. The van der Waals surface area contributed by atoms with Crippen LogP contribution >= 0.6 is 11.6 Å². The second-order valence-corrected chi connectivity index (χ2v) is 9.77. The fourth-order valence-electron chi connectivity index (χ4n) is 3.29. The largest absolute Gasteiger partial charge is 0.497 e. The average Bonchev–Trinajstić information content (AvgIpc) is 2.81. The van der Waals surface area contributed by atoms with Crippen LogP contribution < -0.4 is 10.1 Å². The van der Waals surface area contributed by atoms with Gasteiger partial charge < -0.3 is 20.3 Å². The minimum Gasteiger partial charge on any atom is -0.497 e. The van der Waals surface area contributed by atoms with Crippen molar-refractivity contribution in [3.63, 3.8) is 0 Å². The summed E-state index contributed by atoms with van der Waals surface area (Å²) in [6.45, 7) is 0.115. The van der Waals surface area contributed by atoms with E-state index in [1.54, 1.807) is 60.7 Å². The summed E-state index contributed by atoms with van der Waals surface area (Å²) >= 11 is 5.96. The molecule has 32 heavy (non-hydrogen) atoms. The lowest BCUT2D eigenvalue weighted by Crippen LogP contribution is -2.37. The quantitative estimate of drug-likeness (QED) is 0.416. The molecule has 170 valence electrons. The van der Waals surface area contributed by atoms with E-state index in [-0.39, 0.29) is 29.0 Å². The highest BCUT2D eigenvalue weighted by molar-refractivity contribution is 7.91. The van der Waals surface area contributed by atoms with Crippen molar-refractivity contribution in [1.82, 2.24) is 5.32 Å². The molecule has 0 unspecified atom stereocenters. The minimum absolute atomic E-state index is 0.131. The van der Waals surface area contributed by atoms with Gasteiger partial charge in [-0.2, -0.15) is 0 Å². The number of aliphatic hydroxyl groups is 2. The molecule has 0 saturated carbocycles. The van der Waals surface area contributed by atoms with Gasteiger partial charge in [-0.1, -0.05) is 35.9 Å². The summed E-state index contributed by atoms with van der Waals surface area (Å²) in [5, 5.41) is 23.8. The third-order valence-corrected chi connectivity index (χ3v) is 7.16. The number of aliphatic hydroxyl groups excluding tert-OH is 2. The van der Waals surface area contributed by atoms with Crippen LogP contribution in [0.25, 0.3) is 0 Å². The normalized spacial score (nSPS) is 13.5. The maximum Gasteiger partial charge on any atom is 0.206 e. The first-order valence-corrected chi connectivity index (χ1v) is 12.0. The Hall–Kier alpha value is -2.42. The van der Waals surface area contributed by atoms with Crippen LogP contribution in [0.2, 0.25) is 5.02 Å². The van der Waals surface area contributed by atoms with Gasteiger partial charge in [0.1, 0.15) is 5.75 Å². The van der Waals surface area contributed by atoms with E-state index in [1.165, 1.54) is 19.2 Å². The molecular weight excluding hydrogens is 450 g/mol. The Morgan fingerprint density at radius 3 is 2.19 bits per heavy atom. The van der Waals surface area contributed by atoms with Crippen molar-refractivity contribution in [1.29, 1.82) is 0 Å². The molecule has 0 saturated heterocycles. The summed E-state index contributed by atoms with van der Waals surface area (Å²) in [6.07, 6.45) is -0.290. The number of rotatable bonds is 10. The Morgan fingerprint density at radius 1 is 1.00 bits per heavy atom. The van der Waals surface area contributed by atoms with Gasteiger partial charge in [0.2, 0.25) is 9.84 Å². The van der Waals surface area contributed by atoms with E-state index in [0.717, 1.165) is 5.56 Å². The van der Waals surface area contributed by atoms with Crippen molar-refractivity contribution in [2.45, 2.75) is 28.4 Å². The summed E-state index contributed by atoms with van der Waals surface area (Å²) in [4.78, 5) is 0.382. The van der Waals surface area contributed by atoms with E-state index in [4.69, 9.17) is 16.3 Å². The molecule has 0 radical (unpaired) electrons. The second kappa shape index (κ2) is 10.9. The lowest BCUT2D eigenvalue weighted by atomic mass is 10.1. The predicted molar refractivity (Wildman–Crippen MR) is 124 cm³/mol. The molecule has 3 N–H and O–H groups in total. The van der Waals surface area contributed by atoms with Gasteiger partial charge in [-0.25, -0.2) is 8.42 Å². The van der Waals surface area contributed by atoms with Crippen molar-refractivity contribution in [2.75, 3.05) is 20.3 Å². The van der Waals surface area contributed by atoms with Crippen LogP contribution in [0.1, 0.15) is 17.2 Å². The van der Waals surface area contributed by atoms with E-state index >= 15 is 0 Å². The molecule has 0 bridgehead atoms. The molecule has 0 spiro atoms. The Kier molecular flexibility index (Phi) is 8.28. The van der Waals surface area contributed by atoms with Crippen LogP contribution in [0, 0.1) is 0 Å². The number of ether oxygens (including phenoxy) is 1. The highest BCUT2D eigenvalue weighted by atomic mass is 35.5. The van der Waals surface area contributed by atoms with Gasteiger partial charge in [0.05, 0.1) is 29.6 Å². The number of hydrogen-bond donors (Lipinski definition) is 3. The SMILES string of the molecule is COc1ccc(S(=O)(=O)c2ccc(C[C@@H](CO)NC[C@H](O)c3cccc(Cl)c3)cc2)cc1. The van der Waals surface area contributed by atoms with Crippen molar-refractivity contribution in [3.8, 4) is 5.75 Å². The number of nitrogens with one attached hydrogen (secondary N) is 1. The smallest absolute Gasteiger partial charge is 0.206 e. The molecular formula is C24H26ClNO5S. The van der Waals surface area contributed by atoms with Crippen LogP contribution in [0.4, 0.5) is 0 Å². The van der Waals surface area contributed by atoms with Gasteiger partial charge >= 0.3 is 0 Å². The molecule has 0 aliphatic rings. The Bertz CT molecular complexity index is 1120. The van der Waals surface area contributed by atoms with E-state index in [1.807, 2.05) is 0 Å². The zero-order chi connectivity index (χ0) is 23.1. The molecule has 3 rings (SSSR count). The summed E-state index contributed by atoms with van der Waals surface area (Å²) in [5.41, 5.74) is 1.55. The lowest BCUT2D eigenvalue weighted by molar-refractivity contribution is 0.158. The van der Waals surface area contributed by atoms with Gasteiger partial charge in [-0.3, -0.25) is 0 Å². The van der Waals surface area contributed by atoms with Gasteiger partial charge in [0.15, 0.2) is 0 Å². The molecule has 3 aromatic rings. The number of halogens is 1. The summed E-state index contributed by atoms with van der Waals surface area (Å²) < 4.78 is 30.7. The number of methoxy groups -OCH3 is 1. The third kappa shape index (κ3) is 6.09. The van der Waals surface area contributed by atoms with Gasteiger partial charge in [-0.15, -0.1) is 0 Å². The van der Waals surface area contributed by atoms with Crippen LogP contribution in [-0.4, -0.2) is 44.9 Å². The maximum atomic E-state index is 12.8. The van der Waals surface area contributed by atoms with Crippen molar-refractivity contribution in [3.05, 3.63) is 88.9 Å². The summed E-state index contributed by atoms with van der Waals surface area (Å²) in [7, 11) is -2.11. The van der Waals surface area contributed by atoms with Crippen molar-refractivity contribution < 1.29 is 23.4 Å². The summed E-state index contributed by atoms with van der Waals surface area (Å²) in [5.74, 6) is 0.585. The van der Waals surface area contributed by atoms with E-state index < -0.39 is 15.9 Å². The van der Waals surface area contributed by atoms with Gasteiger partial charge in [0, 0.05) is 17.6 Å². The van der Waals surface area contributed by atoms with Crippen molar-refractivity contribution >= 4 is 21.4 Å². The fourth-order valence-corrected chi connectivity index (χ4v) is 4.75. The number of sulfone groups is 1. The Balaban J connectivity index is 1.63. The molecule has 0 fully saturated rings. The highest BCUT2D eigenvalue weighted by Gasteiger charge is 2.18. The second-order valence-electron chi connectivity index (χ2n) is 7.39. The standard InChI is InChI=1S/C24H26ClNO5S/c1-31-21-7-11-23(12-8-21)32(29,30)22-9-5-17(6-10-22)13-20(16-27)26-15-24(28)18-3-2-4-19(25)14-18/h2-12,14,20,24,26-28H,13,15-16H2,1H3/t20-,24-/m0/s1. The molecule has 0 aliphatic carbocycles. The summed E-state index contributed by atoms with van der Waals surface area (Å²) in [6, 6.07) is 19.5. The van der Waals surface area contributed by atoms with E-state index in [2.05, 4.69) is 5.32 Å². The molecule has 0 aromatic heterocycles. The Morgan fingerprint density at radius 2 is 1.62 bits per heavy atom. The molecule has 8 heteroatoms. The first-order chi connectivity index (χ1) is 15.3. The van der Waals surface area contributed by atoms with E-state index in [0.29, 0.717) is 22.8 Å². The monoisotopic (exact) mass is 475 g/mol. The fraction of sp³-hybridized carbons (Fsp3) is 0.250. The minimum atomic E-state index is -3.63. The Labute approximate surface area is 193 Å². The molecule has 0 aliphatic heterocycles. The van der Waals surface area contributed by atoms with E-state index in [9.17, 15) is 18.6 Å². The zero-order valence-corrected chi connectivity index (χ0v) is 19.2. The number of benzene rings is 3. The highest BCUT2D eigenvalue weighted by Crippen LogP contribution is 2.24. The van der Waals surface area contributed by atoms with Crippen LogP contribution in [0.5, 0.6) is 5.75 Å². The molecule has 2 atom stereocenters. The lowest BCUT2D eigenvalue weighted by Gasteiger charge is -2.19. The predicted octanol–water partition coefficient (Wildman–Crippen LogP) is 3.41. The molecule has 0 amide bonds. The van der Waals surface area contributed by atoms with Crippen LogP contribution in [0.15, 0.2) is 82.6 Å². The van der Waals surface area contributed by atoms with Crippen LogP contribution in [-0.2, 0) is 16.3 Å². The maximum absolute atomic E-state index is 12.8. The van der Waals surface area contributed by atoms with Crippen molar-refractivity contribution in [2.24, 2.45) is 0 Å². The molecule has 6 nitrogen and oxygen atoms in total.